The van der Waals surface area contributed by atoms with Crippen molar-refractivity contribution in [2.45, 2.75) is 40.0 Å². The lowest BCUT2D eigenvalue weighted by Gasteiger charge is -2.28. The van der Waals surface area contributed by atoms with Gasteiger partial charge in [0, 0.05) is 39.1 Å². The smallest absolute Gasteiger partial charge is 0.101 e. The number of nitrogens with zero attached hydrogens (tertiary/aromatic N) is 4. The maximum absolute atomic E-state index is 11.8. The molecule has 0 radical (unpaired) electrons. The van der Waals surface area contributed by atoms with Gasteiger partial charge in [-0.25, -0.2) is 0 Å². The van der Waals surface area contributed by atoms with Gasteiger partial charge in [0.2, 0.25) is 0 Å². The minimum Gasteiger partial charge on any atom is -0.308 e. The number of allylic oxidation sites excluding steroid dienone is 1. The summed E-state index contributed by atoms with van der Waals surface area (Å²) in [5.41, 5.74) is 21.5. The van der Waals surface area contributed by atoms with Crippen molar-refractivity contribution in [1.29, 1.82) is 15.9 Å². The molecule has 0 spiro atoms. The van der Waals surface area contributed by atoms with Gasteiger partial charge in [-0.2, -0.15) is 10.5 Å². The highest BCUT2D eigenvalue weighted by Crippen LogP contribution is 2.65. The molecule has 12 rings (SSSR count). The zero-order valence-electron chi connectivity index (χ0n) is 39.0. The van der Waals surface area contributed by atoms with Crippen LogP contribution < -0.4 is 0 Å². The molecule has 2 heterocycles. The van der Waals surface area contributed by atoms with Crippen LogP contribution in [-0.2, 0) is 0 Å². The largest absolute Gasteiger partial charge is 0.308 e. The minimum atomic E-state index is 0.0956. The summed E-state index contributed by atoms with van der Waals surface area (Å²) >= 11 is 0. The van der Waals surface area contributed by atoms with E-state index in [1.54, 1.807) is 0 Å². The van der Waals surface area contributed by atoms with Crippen LogP contribution in [0.5, 0.6) is 0 Å². The molecule has 328 valence electrons. The van der Waals surface area contributed by atoms with Gasteiger partial charge in [0.15, 0.2) is 0 Å². The third-order valence-corrected chi connectivity index (χ3v) is 14.8. The monoisotopic (exact) mass is 885 g/mol. The first-order chi connectivity index (χ1) is 33.6. The lowest BCUT2D eigenvalue weighted by Crippen LogP contribution is -2.13. The maximum Gasteiger partial charge on any atom is 0.101 e. The molecule has 0 bridgehead atoms. The highest BCUT2D eigenvalue weighted by atomic mass is 15.1. The van der Waals surface area contributed by atoms with Gasteiger partial charge in [-0.3, -0.25) is 0 Å². The van der Waals surface area contributed by atoms with Crippen molar-refractivity contribution in [3.63, 3.8) is 0 Å². The molecule has 2 aliphatic carbocycles. The molecule has 2 aromatic heterocycles. The Balaban J connectivity index is 1.28. The molecule has 0 aliphatic heterocycles. The van der Waals surface area contributed by atoms with Crippen LogP contribution in [0, 0.1) is 54.3 Å². The van der Waals surface area contributed by atoms with Crippen molar-refractivity contribution < 1.29 is 0 Å². The molecule has 0 amide bonds. The number of hydrogen-bond donors (Lipinski definition) is 1. The van der Waals surface area contributed by atoms with E-state index in [0.29, 0.717) is 17.0 Å². The van der Waals surface area contributed by atoms with Gasteiger partial charge < -0.3 is 14.5 Å². The molecule has 2 aliphatic rings. The number of hydrogen-bond acceptors (Lipinski definition) is 3. The highest BCUT2D eigenvalue weighted by molar-refractivity contribution is 6.12. The highest BCUT2D eigenvalue weighted by Gasteiger charge is 2.53. The van der Waals surface area contributed by atoms with Crippen molar-refractivity contribution in [3.8, 4) is 68.0 Å². The fourth-order valence-corrected chi connectivity index (χ4v) is 11.3. The van der Waals surface area contributed by atoms with Crippen LogP contribution in [0.1, 0.15) is 69.5 Å². The fraction of sp³-hybridized carbons (Fsp3) is 0.109. The summed E-state index contributed by atoms with van der Waals surface area (Å²) in [4.78, 5) is 0. The van der Waals surface area contributed by atoms with E-state index in [-0.39, 0.29) is 5.41 Å². The molecule has 1 N–H and O–H groups in total. The number of aryl methyl sites for hydroxylation is 3. The topological polar surface area (TPSA) is 81.3 Å². The molecule has 1 unspecified atom stereocenters. The van der Waals surface area contributed by atoms with Gasteiger partial charge in [0.25, 0.3) is 0 Å². The van der Waals surface area contributed by atoms with Gasteiger partial charge in [0.1, 0.15) is 6.07 Å². The Bertz CT molecular complexity index is 3910. The first-order valence-corrected chi connectivity index (χ1v) is 23.6. The van der Waals surface area contributed by atoms with Gasteiger partial charge >= 0.3 is 0 Å². The van der Waals surface area contributed by atoms with Crippen LogP contribution in [0.15, 0.2) is 164 Å². The zero-order valence-corrected chi connectivity index (χ0v) is 39.0. The van der Waals surface area contributed by atoms with Gasteiger partial charge in [-0.1, -0.05) is 139 Å². The SMILES string of the molecule is C=Cc1c(C#N)c(-c2ccc(-c3cccc(C#N)c3)cc2)c(-n2c3c(c4cc(C)ccc42)[C@H]2CC2(C)C=C3)c(-n2c3ccc(C)cc3c3cc(C)ccc32)c1-c1ccc(-c2cccc(C=N)c2)cc1. The summed E-state index contributed by atoms with van der Waals surface area (Å²) in [6.45, 7) is 13.4. The van der Waals surface area contributed by atoms with Crippen molar-refractivity contribution in [2.75, 3.05) is 0 Å². The van der Waals surface area contributed by atoms with E-state index in [0.717, 1.165) is 106 Å². The molecule has 8 aromatic carbocycles. The number of rotatable bonds is 8. The standard InChI is InChI=1S/C64H47N5/c1-6-49-53(37-67)60(46-22-18-44(19-23-46)48-12-8-10-42(33-48)36-66)63(69-57-26-15-40(4)31-52(57)61-54-34-64(54,5)28-27-58(61)69)62(59(49)45-20-16-43(17-21-45)47-11-7-9-41(32-47)35-65)68-55-24-13-38(2)29-50(55)51-30-39(3)14-25-56(51)68/h6-33,35,54,65H,1,34H2,2-5H3/t54-,64?/m1/s1. The minimum absolute atomic E-state index is 0.0956. The molecule has 5 nitrogen and oxygen atoms in total. The molecule has 10 aromatic rings. The summed E-state index contributed by atoms with van der Waals surface area (Å²) < 4.78 is 4.93. The normalized spacial score (nSPS) is 15.7. The molecule has 5 heteroatoms. The summed E-state index contributed by atoms with van der Waals surface area (Å²) in [5.74, 6) is 0.374. The number of nitrogens with one attached hydrogen (secondary N) is 1. The van der Waals surface area contributed by atoms with E-state index in [2.05, 4.69) is 177 Å². The van der Waals surface area contributed by atoms with Gasteiger partial charge in [-0.05, 0) is 144 Å². The molecule has 69 heavy (non-hydrogen) atoms. The number of aromatic nitrogens is 2. The summed E-state index contributed by atoms with van der Waals surface area (Å²) in [5, 5.41) is 33.1. The van der Waals surface area contributed by atoms with Crippen LogP contribution in [0.3, 0.4) is 0 Å². The van der Waals surface area contributed by atoms with Crippen LogP contribution in [-0.4, -0.2) is 15.3 Å². The Morgan fingerprint density at radius 2 is 1.13 bits per heavy atom. The lowest BCUT2D eigenvalue weighted by molar-refractivity contribution is 0.705. The Labute approximate surface area is 402 Å². The van der Waals surface area contributed by atoms with Crippen molar-refractivity contribution in [1.82, 2.24) is 9.13 Å². The Kier molecular flexibility index (Phi) is 9.45. The second-order valence-electron chi connectivity index (χ2n) is 19.3. The predicted molar refractivity (Wildman–Crippen MR) is 285 cm³/mol. The summed E-state index contributed by atoms with van der Waals surface area (Å²) in [7, 11) is 0. The summed E-state index contributed by atoms with van der Waals surface area (Å²) in [6.07, 6.45) is 9.09. The molecule has 1 fully saturated rings. The van der Waals surface area contributed by atoms with E-state index in [1.807, 2.05) is 48.5 Å². The van der Waals surface area contributed by atoms with E-state index in [4.69, 9.17) is 5.41 Å². The van der Waals surface area contributed by atoms with E-state index >= 15 is 0 Å². The summed E-state index contributed by atoms with van der Waals surface area (Å²) in [6, 6.07) is 58.3. The van der Waals surface area contributed by atoms with E-state index in [1.165, 1.54) is 33.9 Å². The second-order valence-corrected chi connectivity index (χ2v) is 19.3. The van der Waals surface area contributed by atoms with Gasteiger partial charge in [0.05, 0.1) is 50.8 Å². The van der Waals surface area contributed by atoms with Crippen molar-refractivity contribution in [2.24, 2.45) is 5.41 Å². The Hall–Kier alpha value is -8.77. The third kappa shape index (κ3) is 6.46. The molecule has 0 saturated heterocycles. The number of nitriles is 2. The molecular weight excluding hydrogens is 839 g/mol. The number of fused-ring (bicyclic) bond motifs is 8. The number of benzene rings is 8. The fourth-order valence-electron chi connectivity index (χ4n) is 11.3. The quantitative estimate of drug-likeness (QED) is 0.154. The average Bonchev–Trinajstić information content (AvgIpc) is 3.85. The zero-order chi connectivity index (χ0) is 47.3. The Morgan fingerprint density at radius 3 is 1.71 bits per heavy atom. The van der Waals surface area contributed by atoms with Crippen LogP contribution >= 0.6 is 0 Å². The molecular formula is C64H47N5. The first kappa shape index (κ1) is 41.6. The molecule has 1 saturated carbocycles. The van der Waals surface area contributed by atoms with E-state index < -0.39 is 0 Å². The maximum atomic E-state index is 11.8. The van der Waals surface area contributed by atoms with Gasteiger partial charge in [-0.15, -0.1) is 0 Å². The van der Waals surface area contributed by atoms with Crippen molar-refractivity contribution in [3.05, 3.63) is 215 Å². The van der Waals surface area contributed by atoms with Crippen LogP contribution in [0.4, 0.5) is 0 Å². The molecule has 2 atom stereocenters. The lowest BCUT2D eigenvalue weighted by atomic mass is 9.85. The Morgan fingerprint density at radius 1 is 0.594 bits per heavy atom. The average molecular weight is 886 g/mol. The second kappa shape index (κ2) is 15.7. The van der Waals surface area contributed by atoms with E-state index in [9.17, 15) is 10.5 Å². The predicted octanol–water partition coefficient (Wildman–Crippen LogP) is 16.2. The third-order valence-electron chi connectivity index (χ3n) is 14.8. The van der Waals surface area contributed by atoms with Crippen LogP contribution in [0.2, 0.25) is 0 Å². The van der Waals surface area contributed by atoms with Crippen LogP contribution in [0.25, 0.3) is 101 Å². The first-order valence-electron chi connectivity index (χ1n) is 23.6. The van der Waals surface area contributed by atoms with Crippen molar-refractivity contribution >= 4 is 51.1 Å².